The van der Waals surface area contributed by atoms with Crippen LogP contribution in [0.2, 0.25) is 0 Å². The minimum absolute atomic E-state index is 0.00990. The Labute approximate surface area is 182 Å². The van der Waals surface area contributed by atoms with Gasteiger partial charge in [-0.05, 0) is 57.8 Å². The van der Waals surface area contributed by atoms with E-state index in [-0.39, 0.29) is 17.3 Å². The monoisotopic (exact) mass is 429 g/mol. The normalized spacial score (nSPS) is 20.9. The van der Waals surface area contributed by atoms with Gasteiger partial charge < -0.3 is 10.1 Å². The topological polar surface area (TPSA) is 72.3 Å². The average molecular weight is 430 g/mol. The second kappa shape index (κ2) is 10.4. The Hall–Kier alpha value is -1.90. The number of hydrogen-bond acceptors (Lipinski definition) is 6. The summed E-state index contributed by atoms with van der Waals surface area (Å²) < 4.78 is 7.70. The van der Waals surface area contributed by atoms with Gasteiger partial charge in [0.05, 0.1) is 17.9 Å². The predicted octanol–water partition coefficient (Wildman–Crippen LogP) is 3.03. The fourth-order valence-electron chi connectivity index (χ4n) is 4.01. The standard InChI is InChI=1S/C22H31N5O2S/c1-17(21(28)23-15-19-11-8-14-29-19)30-22-25-24-20(16-26-12-6-3-7-13-26)27(22)18-9-4-2-5-10-18/h2,4-5,9-10,17,19H,3,6-8,11-16H2,1H3,(H,23,28)/t17-,19-/m1/s1. The van der Waals surface area contributed by atoms with E-state index < -0.39 is 0 Å². The van der Waals surface area contributed by atoms with Crippen molar-refractivity contribution in [3.8, 4) is 5.69 Å². The zero-order valence-corrected chi connectivity index (χ0v) is 18.4. The van der Waals surface area contributed by atoms with Gasteiger partial charge >= 0.3 is 0 Å². The number of rotatable bonds is 8. The number of aromatic nitrogens is 3. The first-order valence-electron chi connectivity index (χ1n) is 11.0. The number of ether oxygens (including phenoxy) is 1. The van der Waals surface area contributed by atoms with Crippen molar-refractivity contribution in [2.24, 2.45) is 0 Å². The highest BCUT2D eigenvalue weighted by Crippen LogP contribution is 2.27. The number of carbonyl (C=O) groups excluding carboxylic acids is 1. The van der Waals surface area contributed by atoms with Gasteiger partial charge in [-0.3, -0.25) is 14.3 Å². The molecule has 4 rings (SSSR count). The van der Waals surface area contributed by atoms with E-state index in [9.17, 15) is 4.79 Å². The predicted molar refractivity (Wildman–Crippen MR) is 118 cm³/mol. The van der Waals surface area contributed by atoms with Gasteiger partial charge in [0.25, 0.3) is 0 Å². The number of para-hydroxylation sites is 1. The van der Waals surface area contributed by atoms with Crippen LogP contribution in [0.4, 0.5) is 0 Å². The number of likely N-dealkylation sites (tertiary alicyclic amines) is 1. The summed E-state index contributed by atoms with van der Waals surface area (Å²) in [4.78, 5) is 15.1. The lowest BCUT2D eigenvalue weighted by Gasteiger charge is -2.26. The maximum Gasteiger partial charge on any atom is 0.233 e. The average Bonchev–Trinajstić information content (AvgIpc) is 3.43. The molecule has 2 saturated heterocycles. The van der Waals surface area contributed by atoms with E-state index in [0.717, 1.165) is 55.8 Å². The third-order valence-electron chi connectivity index (χ3n) is 5.71. The molecule has 1 amide bonds. The lowest BCUT2D eigenvalue weighted by atomic mass is 10.1. The van der Waals surface area contributed by atoms with Crippen molar-refractivity contribution in [2.75, 3.05) is 26.2 Å². The number of amides is 1. The molecule has 2 fully saturated rings. The molecule has 0 spiro atoms. The summed E-state index contributed by atoms with van der Waals surface area (Å²) in [6.45, 7) is 6.28. The Balaban J connectivity index is 1.46. The largest absolute Gasteiger partial charge is 0.376 e. The Morgan fingerprint density at radius 3 is 2.73 bits per heavy atom. The van der Waals surface area contributed by atoms with Crippen LogP contribution in [0, 0.1) is 0 Å². The molecule has 1 aromatic carbocycles. The molecule has 2 aromatic rings. The molecule has 3 heterocycles. The Bertz CT molecular complexity index is 816. The third-order valence-corrected chi connectivity index (χ3v) is 6.75. The molecule has 162 valence electrons. The van der Waals surface area contributed by atoms with E-state index in [1.807, 2.05) is 25.1 Å². The molecule has 0 bridgehead atoms. The summed E-state index contributed by atoms with van der Waals surface area (Å²) in [5, 5.41) is 12.5. The van der Waals surface area contributed by atoms with Gasteiger partial charge in [-0.2, -0.15) is 0 Å². The van der Waals surface area contributed by atoms with Crippen molar-refractivity contribution < 1.29 is 9.53 Å². The smallest absolute Gasteiger partial charge is 0.233 e. The molecule has 30 heavy (non-hydrogen) atoms. The van der Waals surface area contributed by atoms with Crippen molar-refractivity contribution in [3.63, 3.8) is 0 Å². The summed E-state index contributed by atoms with van der Waals surface area (Å²) in [6.07, 6.45) is 6.03. The van der Waals surface area contributed by atoms with Gasteiger partial charge in [0.2, 0.25) is 5.91 Å². The van der Waals surface area contributed by atoms with E-state index >= 15 is 0 Å². The molecule has 2 aliphatic rings. The van der Waals surface area contributed by atoms with E-state index in [0.29, 0.717) is 6.54 Å². The summed E-state index contributed by atoms with van der Waals surface area (Å²) >= 11 is 1.46. The molecule has 0 unspecified atom stereocenters. The summed E-state index contributed by atoms with van der Waals surface area (Å²) in [5.41, 5.74) is 1.03. The van der Waals surface area contributed by atoms with Crippen molar-refractivity contribution in [3.05, 3.63) is 36.2 Å². The third kappa shape index (κ3) is 5.42. The number of nitrogens with one attached hydrogen (secondary N) is 1. The van der Waals surface area contributed by atoms with Gasteiger partial charge in [-0.1, -0.05) is 36.4 Å². The molecule has 1 aromatic heterocycles. The molecule has 0 aliphatic carbocycles. The summed E-state index contributed by atoms with van der Waals surface area (Å²) in [7, 11) is 0. The molecule has 2 atom stereocenters. The number of carbonyl (C=O) groups is 1. The van der Waals surface area contributed by atoms with Crippen LogP contribution in [0.25, 0.3) is 5.69 Å². The van der Waals surface area contributed by atoms with Crippen LogP contribution < -0.4 is 5.32 Å². The zero-order chi connectivity index (χ0) is 20.8. The maximum atomic E-state index is 12.6. The Morgan fingerprint density at radius 2 is 2.00 bits per heavy atom. The van der Waals surface area contributed by atoms with Crippen molar-refractivity contribution in [1.29, 1.82) is 0 Å². The maximum absolute atomic E-state index is 12.6. The van der Waals surface area contributed by atoms with Gasteiger partial charge in [-0.15, -0.1) is 10.2 Å². The van der Waals surface area contributed by atoms with Crippen LogP contribution in [-0.4, -0.2) is 63.2 Å². The molecule has 7 nitrogen and oxygen atoms in total. The first-order valence-corrected chi connectivity index (χ1v) is 11.9. The van der Waals surface area contributed by atoms with Crippen LogP contribution in [0.1, 0.15) is 44.9 Å². The van der Waals surface area contributed by atoms with Gasteiger partial charge in [0.1, 0.15) is 0 Å². The highest BCUT2D eigenvalue weighted by atomic mass is 32.2. The Morgan fingerprint density at radius 1 is 1.20 bits per heavy atom. The number of piperidine rings is 1. The van der Waals surface area contributed by atoms with Crippen molar-refractivity contribution in [1.82, 2.24) is 25.0 Å². The lowest BCUT2D eigenvalue weighted by Crippen LogP contribution is -2.36. The first kappa shape index (κ1) is 21.3. The minimum Gasteiger partial charge on any atom is -0.376 e. The van der Waals surface area contributed by atoms with Gasteiger partial charge in [-0.25, -0.2) is 0 Å². The van der Waals surface area contributed by atoms with Crippen LogP contribution in [0.15, 0.2) is 35.5 Å². The highest BCUT2D eigenvalue weighted by Gasteiger charge is 2.24. The first-order chi connectivity index (χ1) is 14.7. The van der Waals surface area contributed by atoms with Gasteiger partial charge in [0.15, 0.2) is 11.0 Å². The summed E-state index contributed by atoms with van der Waals surface area (Å²) in [6, 6.07) is 10.2. The van der Waals surface area contributed by atoms with E-state index in [4.69, 9.17) is 4.74 Å². The van der Waals surface area contributed by atoms with Crippen molar-refractivity contribution >= 4 is 17.7 Å². The van der Waals surface area contributed by atoms with Crippen LogP contribution >= 0.6 is 11.8 Å². The second-order valence-corrected chi connectivity index (χ2v) is 9.35. The fraction of sp³-hybridized carbons (Fsp3) is 0.591. The zero-order valence-electron chi connectivity index (χ0n) is 17.6. The van der Waals surface area contributed by atoms with Crippen LogP contribution in [0.5, 0.6) is 0 Å². The van der Waals surface area contributed by atoms with Crippen LogP contribution in [0.3, 0.4) is 0 Å². The number of nitrogens with zero attached hydrogens (tertiary/aromatic N) is 4. The molecule has 0 saturated carbocycles. The van der Waals surface area contributed by atoms with Gasteiger partial charge in [0, 0.05) is 18.8 Å². The number of benzene rings is 1. The Kier molecular flexibility index (Phi) is 7.41. The molecule has 2 aliphatic heterocycles. The molecular formula is C22H31N5O2S. The van der Waals surface area contributed by atoms with E-state index in [2.05, 4.69) is 37.1 Å². The number of thioether (sulfide) groups is 1. The summed E-state index contributed by atoms with van der Waals surface area (Å²) in [5.74, 6) is 0.938. The molecular weight excluding hydrogens is 398 g/mol. The molecule has 0 radical (unpaired) electrons. The lowest BCUT2D eigenvalue weighted by molar-refractivity contribution is -0.120. The van der Waals surface area contributed by atoms with Crippen molar-refractivity contribution in [2.45, 2.75) is 62.1 Å². The second-order valence-electron chi connectivity index (χ2n) is 8.05. The van der Waals surface area contributed by atoms with E-state index in [1.54, 1.807) is 0 Å². The molecule has 8 heteroatoms. The van der Waals surface area contributed by atoms with Crippen LogP contribution in [-0.2, 0) is 16.1 Å². The quantitative estimate of drug-likeness (QED) is 0.651. The number of hydrogen-bond donors (Lipinski definition) is 1. The SMILES string of the molecule is C[C@@H](Sc1nnc(CN2CCCCC2)n1-c1ccccc1)C(=O)NC[C@H]1CCCO1. The fourth-order valence-corrected chi connectivity index (χ4v) is 4.92. The molecule has 1 N–H and O–H groups in total. The minimum atomic E-state index is -0.263. The highest BCUT2D eigenvalue weighted by molar-refractivity contribution is 8.00. The van der Waals surface area contributed by atoms with E-state index in [1.165, 1.54) is 31.0 Å².